The van der Waals surface area contributed by atoms with Gasteiger partial charge in [0, 0.05) is 12.1 Å². The van der Waals surface area contributed by atoms with E-state index in [0.29, 0.717) is 13.2 Å². The van der Waals surface area contributed by atoms with E-state index in [0.717, 1.165) is 11.3 Å². The number of ether oxygens (including phenoxy) is 1. The second kappa shape index (κ2) is 7.04. The van der Waals surface area contributed by atoms with E-state index in [1.807, 2.05) is 48.5 Å². The number of para-hydroxylation sites is 1. The molecular formula is C16H13N3O. The molecule has 0 N–H and O–H groups in total. The number of nitriles is 2. The van der Waals surface area contributed by atoms with E-state index in [-0.39, 0.29) is 11.5 Å². The van der Waals surface area contributed by atoms with Crippen LogP contribution in [0.3, 0.4) is 0 Å². The van der Waals surface area contributed by atoms with Crippen LogP contribution in [0.1, 0.15) is 0 Å². The van der Waals surface area contributed by atoms with Crippen molar-refractivity contribution in [3.8, 4) is 12.1 Å². The number of allylic oxidation sites excluding steroid dienone is 1. The molecule has 1 aliphatic heterocycles. The molecule has 4 heteroatoms. The second-order valence-corrected chi connectivity index (χ2v) is 4.32. The van der Waals surface area contributed by atoms with Gasteiger partial charge in [0.1, 0.15) is 17.7 Å². The lowest BCUT2D eigenvalue weighted by Crippen LogP contribution is -2.15. The predicted molar refractivity (Wildman–Crippen MR) is 76.3 cm³/mol. The summed E-state index contributed by atoms with van der Waals surface area (Å²) in [6.45, 7) is 0.977. The zero-order valence-corrected chi connectivity index (χ0v) is 10.9. The van der Waals surface area contributed by atoms with Crippen LogP contribution in [0.2, 0.25) is 0 Å². The Hall–Kier alpha value is -2.69. The molecular weight excluding hydrogens is 250 g/mol. The molecule has 0 spiro atoms. The molecule has 98 valence electrons. The molecule has 1 atom stereocenters. The van der Waals surface area contributed by atoms with Crippen LogP contribution in [-0.2, 0) is 4.74 Å². The van der Waals surface area contributed by atoms with Crippen molar-refractivity contribution in [1.29, 1.82) is 10.5 Å². The third kappa shape index (κ3) is 3.91. The van der Waals surface area contributed by atoms with Crippen molar-refractivity contribution in [2.75, 3.05) is 13.2 Å². The standard InChI is InChI=1S/C16H13N3O/c17-8-14(9-18)6-13-7-15(12-20-11-13)10-19-16-4-2-1-3-5-16/h1-7,10,13H,11-12H2. The zero-order valence-electron chi connectivity index (χ0n) is 10.9. The number of aliphatic imine (C=N–C) groups is 1. The first-order valence-corrected chi connectivity index (χ1v) is 6.21. The molecule has 0 amide bonds. The summed E-state index contributed by atoms with van der Waals surface area (Å²) in [6, 6.07) is 13.3. The number of hydrogen-bond acceptors (Lipinski definition) is 4. The van der Waals surface area contributed by atoms with Crippen molar-refractivity contribution < 1.29 is 4.74 Å². The summed E-state index contributed by atoms with van der Waals surface area (Å²) in [5.74, 6) is -0.0599. The molecule has 0 saturated carbocycles. The molecule has 4 nitrogen and oxygen atoms in total. The van der Waals surface area contributed by atoms with Gasteiger partial charge < -0.3 is 4.74 Å². The van der Waals surface area contributed by atoms with Crippen LogP contribution in [0.4, 0.5) is 5.69 Å². The van der Waals surface area contributed by atoms with Crippen molar-refractivity contribution in [1.82, 2.24) is 0 Å². The van der Waals surface area contributed by atoms with Gasteiger partial charge in [-0.15, -0.1) is 0 Å². The van der Waals surface area contributed by atoms with Crippen molar-refractivity contribution in [3.05, 3.63) is 53.6 Å². The fourth-order valence-corrected chi connectivity index (χ4v) is 1.85. The third-order valence-corrected chi connectivity index (χ3v) is 2.76. The monoisotopic (exact) mass is 263 g/mol. The van der Waals surface area contributed by atoms with Gasteiger partial charge in [-0.1, -0.05) is 24.3 Å². The maximum Gasteiger partial charge on any atom is 0.126 e. The number of nitrogens with zero attached hydrogens (tertiary/aromatic N) is 3. The van der Waals surface area contributed by atoms with Gasteiger partial charge in [-0.2, -0.15) is 10.5 Å². The lowest BCUT2D eigenvalue weighted by Gasteiger charge is -2.16. The predicted octanol–water partition coefficient (Wildman–Crippen LogP) is 2.94. The summed E-state index contributed by atoms with van der Waals surface area (Å²) < 4.78 is 5.45. The van der Waals surface area contributed by atoms with Crippen molar-refractivity contribution in [2.24, 2.45) is 10.9 Å². The highest BCUT2D eigenvalue weighted by Crippen LogP contribution is 2.16. The molecule has 0 bridgehead atoms. The molecule has 0 aliphatic carbocycles. The minimum Gasteiger partial charge on any atom is -0.376 e. The van der Waals surface area contributed by atoms with Crippen LogP contribution >= 0.6 is 0 Å². The van der Waals surface area contributed by atoms with Crippen molar-refractivity contribution >= 4 is 11.9 Å². The molecule has 1 aliphatic rings. The topological polar surface area (TPSA) is 69.2 Å². The summed E-state index contributed by atoms with van der Waals surface area (Å²) in [7, 11) is 0. The summed E-state index contributed by atoms with van der Waals surface area (Å²) >= 11 is 0. The van der Waals surface area contributed by atoms with Gasteiger partial charge in [0.2, 0.25) is 0 Å². The fourth-order valence-electron chi connectivity index (χ4n) is 1.85. The first-order valence-electron chi connectivity index (χ1n) is 6.21. The highest BCUT2D eigenvalue weighted by Gasteiger charge is 2.12. The molecule has 1 heterocycles. The smallest absolute Gasteiger partial charge is 0.126 e. The van der Waals surface area contributed by atoms with Crippen LogP contribution in [0.5, 0.6) is 0 Å². The van der Waals surface area contributed by atoms with Gasteiger partial charge in [-0.05, 0) is 23.8 Å². The third-order valence-electron chi connectivity index (χ3n) is 2.76. The van der Waals surface area contributed by atoms with Gasteiger partial charge in [-0.25, -0.2) is 0 Å². The molecule has 2 rings (SSSR count). The Morgan fingerprint density at radius 1 is 1.25 bits per heavy atom. The average molecular weight is 263 g/mol. The Morgan fingerprint density at radius 3 is 2.70 bits per heavy atom. The fraction of sp³-hybridized carbons (Fsp3) is 0.188. The summed E-state index contributed by atoms with van der Waals surface area (Å²) in [5, 5.41) is 17.5. The molecule has 0 fully saturated rings. The maximum absolute atomic E-state index is 8.75. The van der Waals surface area contributed by atoms with E-state index in [1.54, 1.807) is 12.3 Å². The van der Waals surface area contributed by atoms with Crippen LogP contribution < -0.4 is 0 Å². The van der Waals surface area contributed by atoms with Gasteiger partial charge >= 0.3 is 0 Å². The largest absolute Gasteiger partial charge is 0.376 e. The van der Waals surface area contributed by atoms with Crippen molar-refractivity contribution in [2.45, 2.75) is 0 Å². The molecule has 0 saturated heterocycles. The number of benzene rings is 1. The molecule has 1 aromatic carbocycles. The molecule has 1 unspecified atom stereocenters. The average Bonchev–Trinajstić information content (AvgIpc) is 2.52. The van der Waals surface area contributed by atoms with Crippen LogP contribution in [0, 0.1) is 28.6 Å². The minimum atomic E-state index is -0.0599. The molecule has 0 aromatic heterocycles. The normalized spacial score (nSPS) is 17.9. The Bertz CT molecular complexity index is 614. The summed E-state index contributed by atoms with van der Waals surface area (Å²) in [5.41, 5.74) is 1.92. The number of rotatable bonds is 3. The SMILES string of the molecule is N#CC(C#N)=CC1C=C(C=Nc2ccccc2)COC1. The van der Waals surface area contributed by atoms with Gasteiger partial charge in [-0.3, -0.25) is 4.99 Å². The van der Waals surface area contributed by atoms with E-state index >= 15 is 0 Å². The minimum absolute atomic E-state index is 0.0599. The van der Waals surface area contributed by atoms with Crippen LogP contribution in [-0.4, -0.2) is 19.4 Å². The molecule has 20 heavy (non-hydrogen) atoms. The Balaban J connectivity index is 2.11. The Labute approximate surface area is 117 Å². The van der Waals surface area contributed by atoms with E-state index in [2.05, 4.69) is 4.99 Å². The number of hydrogen-bond donors (Lipinski definition) is 0. The molecule has 1 aromatic rings. The summed E-state index contributed by atoms with van der Waals surface area (Å²) in [4.78, 5) is 4.36. The van der Waals surface area contributed by atoms with Crippen molar-refractivity contribution in [3.63, 3.8) is 0 Å². The van der Waals surface area contributed by atoms with Gasteiger partial charge in [0.15, 0.2) is 0 Å². The van der Waals surface area contributed by atoms with E-state index in [9.17, 15) is 0 Å². The van der Waals surface area contributed by atoms with Gasteiger partial charge in [0.05, 0.1) is 18.9 Å². The van der Waals surface area contributed by atoms with E-state index in [4.69, 9.17) is 15.3 Å². The quantitative estimate of drug-likeness (QED) is 0.622. The Morgan fingerprint density at radius 2 is 2.00 bits per heavy atom. The highest BCUT2D eigenvalue weighted by atomic mass is 16.5. The summed E-state index contributed by atoms with van der Waals surface area (Å²) in [6.07, 6.45) is 5.36. The lowest BCUT2D eigenvalue weighted by atomic mass is 10.0. The first kappa shape index (κ1) is 13.7. The first-order chi connectivity index (χ1) is 9.81. The van der Waals surface area contributed by atoms with Crippen LogP contribution in [0.15, 0.2) is 58.6 Å². The zero-order chi connectivity index (χ0) is 14.2. The lowest BCUT2D eigenvalue weighted by molar-refractivity contribution is 0.135. The van der Waals surface area contributed by atoms with Gasteiger partial charge in [0.25, 0.3) is 0 Å². The highest BCUT2D eigenvalue weighted by molar-refractivity contribution is 5.81. The van der Waals surface area contributed by atoms with E-state index < -0.39 is 0 Å². The van der Waals surface area contributed by atoms with E-state index in [1.165, 1.54) is 0 Å². The maximum atomic E-state index is 8.75. The second-order valence-electron chi connectivity index (χ2n) is 4.32. The molecule has 0 radical (unpaired) electrons. The Kier molecular flexibility index (Phi) is 4.83. The van der Waals surface area contributed by atoms with Crippen LogP contribution in [0.25, 0.3) is 0 Å².